The molecule has 0 amide bonds. The average molecular weight is 236 g/mol. The Morgan fingerprint density at radius 3 is 2.41 bits per heavy atom. The SMILES string of the molecule is COc1ccc(OC)c(C2(C(=O)O)CCC2)c1. The number of hydrogen-bond donors (Lipinski definition) is 1. The Hall–Kier alpha value is -1.71. The lowest BCUT2D eigenvalue weighted by Gasteiger charge is -2.38. The van der Waals surface area contributed by atoms with Gasteiger partial charge < -0.3 is 14.6 Å². The first-order valence-electron chi connectivity index (χ1n) is 5.60. The number of aliphatic carboxylic acids is 1. The molecule has 0 spiro atoms. The molecule has 1 aliphatic rings. The average Bonchev–Trinajstić information content (AvgIpc) is 2.27. The van der Waals surface area contributed by atoms with Gasteiger partial charge in [-0.15, -0.1) is 0 Å². The highest BCUT2D eigenvalue weighted by molar-refractivity contribution is 5.84. The van der Waals surface area contributed by atoms with Crippen LogP contribution >= 0.6 is 0 Å². The zero-order valence-corrected chi connectivity index (χ0v) is 10.0. The minimum atomic E-state index is -0.792. The summed E-state index contributed by atoms with van der Waals surface area (Å²) >= 11 is 0. The summed E-state index contributed by atoms with van der Waals surface area (Å²) < 4.78 is 10.4. The molecule has 1 aromatic carbocycles. The van der Waals surface area contributed by atoms with Crippen LogP contribution in [0, 0.1) is 0 Å². The molecule has 92 valence electrons. The van der Waals surface area contributed by atoms with Gasteiger partial charge in [-0.1, -0.05) is 6.42 Å². The highest BCUT2D eigenvalue weighted by Gasteiger charge is 2.47. The summed E-state index contributed by atoms with van der Waals surface area (Å²) in [6, 6.07) is 5.31. The minimum absolute atomic E-state index is 0.618. The molecule has 0 aromatic heterocycles. The van der Waals surface area contributed by atoms with Crippen LogP contribution in [0.5, 0.6) is 11.5 Å². The van der Waals surface area contributed by atoms with Crippen LogP contribution in [0.4, 0.5) is 0 Å². The zero-order valence-electron chi connectivity index (χ0n) is 10.0. The molecular formula is C13H16O4. The monoisotopic (exact) mass is 236 g/mol. The molecule has 0 bridgehead atoms. The Bertz CT molecular complexity index is 435. The summed E-state index contributed by atoms with van der Waals surface area (Å²) in [6.07, 6.45) is 2.25. The third-order valence-corrected chi connectivity index (χ3v) is 3.54. The van der Waals surface area contributed by atoms with Crippen LogP contribution in [0.3, 0.4) is 0 Å². The second-order valence-electron chi connectivity index (χ2n) is 4.31. The van der Waals surface area contributed by atoms with E-state index in [0.717, 1.165) is 12.0 Å². The molecule has 1 fully saturated rings. The smallest absolute Gasteiger partial charge is 0.314 e. The van der Waals surface area contributed by atoms with Gasteiger partial charge in [0.25, 0.3) is 0 Å². The van der Waals surface area contributed by atoms with E-state index in [2.05, 4.69) is 0 Å². The van der Waals surface area contributed by atoms with Crippen molar-refractivity contribution in [2.24, 2.45) is 0 Å². The van der Waals surface area contributed by atoms with Crippen LogP contribution in [-0.2, 0) is 10.2 Å². The van der Waals surface area contributed by atoms with E-state index >= 15 is 0 Å². The molecule has 0 saturated heterocycles. The number of carboxylic acid groups (broad SMARTS) is 1. The van der Waals surface area contributed by atoms with Crippen molar-refractivity contribution >= 4 is 5.97 Å². The second kappa shape index (κ2) is 4.28. The Morgan fingerprint density at radius 1 is 1.29 bits per heavy atom. The van der Waals surface area contributed by atoms with Crippen molar-refractivity contribution in [2.45, 2.75) is 24.7 Å². The van der Waals surface area contributed by atoms with E-state index in [9.17, 15) is 9.90 Å². The maximum atomic E-state index is 11.5. The van der Waals surface area contributed by atoms with Crippen molar-refractivity contribution < 1.29 is 19.4 Å². The van der Waals surface area contributed by atoms with Gasteiger partial charge in [0.05, 0.1) is 19.6 Å². The molecule has 1 saturated carbocycles. The lowest BCUT2D eigenvalue weighted by molar-refractivity contribution is -0.147. The first-order valence-corrected chi connectivity index (χ1v) is 5.60. The molecule has 17 heavy (non-hydrogen) atoms. The molecule has 2 rings (SSSR count). The molecule has 1 aromatic rings. The van der Waals surface area contributed by atoms with Crippen molar-refractivity contribution in [1.82, 2.24) is 0 Å². The van der Waals surface area contributed by atoms with Crippen molar-refractivity contribution in [3.05, 3.63) is 23.8 Å². The molecular weight excluding hydrogens is 220 g/mol. The predicted molar refractivity (Wildman–Crippen MR) is 62.7 cm³/mol. The number of hydrogen-bond acceptors (Lipinski definition) is 3. The lowest BCUT2D eigenvalue weighted by Crippen LogP contribution is -2.42. The quantitative estimate of drug-likeness (QED) is 0.870. The van der Waals surface area contributed by atoms with Gasteiger partial charge in [0.1, 0.15) is 11.5 Å². The maximum absolute atomic E-state index is 11.5. The van der Waals surface area contributed by atoms with Crippen molar-refractivity contribution in [2.75, 3.05) is 14.2 Å². The number of benzene rings is 1. The molecule has 1 N–H and O–H groups in total. The highest BCUT2D eigenvalue weighted by atomic mass is 16.5. The normalized spacial score (nSPS) is 17.1. The van der Waals surface area contributed by atoms with Gasteiger partial charge in [0.2, 0.25) is 0 Å². The summed E-state index contributed by atoms with van der Waals surface area (Å²) in [6.45, 7) is 0. The van der Waals surface area contributed by atoms with Gasteiger partial charge in [-0.05, 0) is 31.0 Å². The standard InChI is InChI=1S/C13H16O4/c1-16-9-4-5-11(17-2)10(8-9)13(12(14)15)6-3-7-13/h4-5,8H,3,6-7H2,1-2H3,(H,14,15). The lowest BCUT2D eigenvalue weighted by atomic mass is 9.64. The number of rotatable bonds is 4. The molecule has 1 aliphatic carbocycles. The van der Waals surface area contributed by atoms with Crippen LogP contribution in [0.1, 0.15) is 24.8 Å². The molecule has 4 heteroatoms. The Kier molecular flexibility index (Phi) is 2.96. The fourth-order valence-corrected chi connectivity index (χ4v) is 2.32. The Labute approximate surface area is 100 Å². The zero-order chi connectivity index (χ0) is 12.5. The van der Waals surface area contributed by atoms with E-state index in [0.29, 0.717) is 24.3 Å². The summed E-state index contributed by atoms with van der Waals surface area (Å²) in [4.78, 5) is 11.5. The number of carbonyl (C=O) groups is 1. The van der Waals surface area contributed by atoms with Gasteiger partial charge in [0.15, 0.2) is 0 Å². The third-order valence-electron chi connectivity index (χ3n) is 3.54. The van der Waals surface area contributed by atoms with Gasteiger partial charge >= 0.3 is 5.97 Å². The predicted octanol–water partition coefficient (Wildman–Crippen LogP) is 2.21. The Morgan fingerprint density at radius 2 is 2.00 bits per heavy atom. The first-order chi connectivity index (χ1) is 8.14. The molecule has 4 nitrogen and oxygen atoms in total. The molecule has 0 atom stereocenters. The van der Waals surface area contributed by atoms with Gasteiger partial charge in [0, 0.05) is 5.56 Å². The van der Waals surface area contributed by atoms with Crippen molar-refractivity contribution in [3.63, 3.8) is 0 Å². The third kappa shape index (κ3) is 1.73. The molecule has 0 unspecified atom stereocenters. The van der Waals surface area contributed by atoms with E-state index < -0.39 is 11.4 Å². The fraction of sp³-hybridized carbons (Fsp3) is 0.462. The van der Waals surface area contributed by atoms with Gasteiger partial charge in [-0.2, -0.15) is 0 Å². The second-order valence-corrected chi connectivity index (χ2v) is 4.31. The number of ether oxygens (including phenoxy) is 2. The molecule has 0 aliphatic heterocycles. The molecule has 0 heterocycles. The van der Waals surface area contributed by atoms with Crippen LogP contribution in [0.15, 0.2) is 18.2 Å². The Balaban J connectivity index is 2.51. The van der Waals surface area contributed by atoms with Gasteiger partial charge in [-0.3, -0.25) is 4.79 Å². The fourth-order valence-electron chi connectivity index (χ4n) is 2.32. The number of methoxy groups -OCH3 is 2. The minimum Gasteiger partial charge on any atom is -0.497 e. The van der Waals surface area contributed by atoms with E-state index in [1.54, 1.807) is 32.4 Å². The van der Waals surface area contributed by atoms with Crippen LogP contribution in [0.2, 0.25) is 0 Å². The first kappa shape index (κ1) is 11.8. The highest BCUT2D eigenvalue weighted by Crippen LogP contribution is 2.48. The van der Waals surface area contributed by atoms with Crippen LogP contribution in [-0.4, -0.2) is 25.3 Å². The summed E-state index contributed by atoms with van der Waals surface area (Å²) in [5.41, 5.74) is -0.0713. The van der Waals surface area contributed by atoms with Gasteiger partial charge in [-0.25, -0.2) is 0 Å². The van der Waals surface area contributed by atoms with Crippen molar-refractivity contribution in [3.8, 4) is 11.5 Å². The largest absolute Gasteiger partial charge is 0.497 e. The van der Waals surface area contributed by atoms with Crippen LogP contribution < -0.4 is 9.47 Å². The van der Waals surface area contributed by atoms with E-state index in [1.807, 2.05) is 0 Å². The van der Waals surface area contributed by atoms with E-state index in [1.165, 1.54) is 0 Å². The summed E-state index contributed by atoms with van der Waals surface area (Å²) in [5, 5.41) is 9.42. The topological polar surface area (TPSA) is 55.8 Å². The van der Waals surface area contributed by atoms with Crippen molar-refractivity contribution in [1.29, 1.82) is 0 Å². The molecule has 0 radical (unpaired) electrons. The van der Waals surface area contributed by atoms with Crippen LogP contribution in [0.25, 0.3) is 0 Å². The summed E-state index contributed by atoms with van der Waals surface area (Å²) in [7, 11) is 3.12. The summed E-state index contributed by atoms with van der Waals surface area (Å²) in [5.74, 6) is 0.497. The maximum Gasteiger partial charge on any atom is 0.314 e. The van der Waals surface area contributed by atoms with E-state index in [-0.39, 0.29) is 0 Å². The van der Waals surface area contributed by atoms with E-state index in [4.69, 9.17) is 9.47 Å². The number of carboxylic acids is 1.